The summed E-state index contributed by atoms with van der Waals surface area (Å²) in [6.45, 7) is 4.05. The van der Waals surface area contributed by atoms with Gasteiger partial charge >= 0.3 is 0 Å². The van der Waals surface area contributed by atoms with Crippen LogP contribution in [0.2, 0.25) is 5.15 Å². The monoisotopic (exact) mass is 280 g/mol. The average Bonchev–Trinajstić information content (AvgIpc) is 2.68. The van der Waals surface area contributed by atoms with Crippen molar-refractivity contribution in [2.75, 3.05) is 0 Å². The summed E-state index contributed by atoms with van der Waals surface area (Å²) in [6.07, 6.45) is 1.13. The largest absolute Gasteiger partial charge is 0.485 e. The van der Waals surface area contributed by atoms with E-state index < -0.39 is 6.10 Å². The Morgan fingerprint density at radius 3 is 2.74 bits per heavy atom. The summed E-state index contributed by atoms with van der Waals surface area (Å²) < 4.78 is 7.51. The van der Waals surface area contributed by atoms with Crippen LogP contribution in [-0.2, 0) is 13.7 Å². The van der Waals surface area contributed by atoms with E-state index in [4.69, 9.17) is 16.3 Å². The van der Waals surface area contributed by atoms with Crippen molar-refractivity contribution < 1.29 is 9.84 Å². The van der Waals surface area contributed by atoms with Crippen molar-refractivity contribution in [3.8, 4) is 5.75 Å². The van der Waals surface area contributed by atoms with Gasteiger partial charge in [-0.2, -0.15) is 0 Å². The summed E-state index contributed by atoms with van der Waals surface area (Å²) >= 11 is 5.92. The van der Waals surface area contributed by atoms with Gasteiger partial charge in [0.15, 0.2) is 0 Å². The van der Waals surface area contributed by atoms with Gasteiger partial charge < -0.3 is 14.4 Å². The standard InChI is InChI=1S/C14H17ClN2O2/c1-9-6-11(10(2)18)4-5-12(9)19-8-14-16-7-13(15)17(14)3/h4-7,10,18H,8H2,1-3H3. The van der Waals surface area contributed by atoms with Gasteiger partial charge in [-0.3, -0.25) is 0 Å². The molecule has 0 aliphatic rings. The maximum Gasteiger partial charge on any atom is 0.147 e. The highest BCUT2D eigenvalue weighted by Crippen LogP contribution is 2.23. The number of benzene rings is 1. The summed E-state index contributed by atoms with van der Waals surface area (Å²) in [5.74, 6) is 1.55. The SMILES string of the molecule is Cc1cc(C(C)O)ccc1OCc1ncc(Cl)n1C. The zero-order valence-corrected chi connectivity index (χ0v) is 12.0. The van der Waals surface area contributed by atoms with E-state index in [0.29, 0.717) is 11.8 Å². The highest BCUT2D eigenvalue weighted by atomic mass is 35.5. The molecule has 0 saturated heterocycles. The molecule has 4 nitrogen and oxygen atoms in total. The number of halogens is 1. The maximum absolute atomic E-state index is 9.52. The van der Waals surface area contributed by atoms with Gasteiger partial charge in [-0.25, -0.2) is 4.98 Å². The van der Waals surface area contributed by atoms with Gasteiger partial charge in [-0.05, 0) is 37.1 Å². The second kappa shape index (κ2) is 5.63. The van der Waals surface area contributed by atoms with Crippen molar-refractivity contribution in [3.05, 3.63) is 46.5 Å². The van der Waals surface area contributed by atoms with Gasteiger partial charge in [0.2, 0.25) is 0 Å². The van der Waals surface area contributed by atoms with Gasteiger partial charge in [0, 0.05) is 7.05 Å². The second-order valence-electron chi connectivity index (χ2n) is 4.55. The summed E-state index contributed by atoms with van der Waals surface area (Å²) in [5.41, 5.74) is 1.86. The second-order valence-corrected chi connectivity index (χ2v) is 4.93. The lowest BCUT2D eigenvalue weighted by molar-refractivity contribution is 0.199. The minimum Gasteiger partial charge on any atom is -0.485 e. The molecule has 1 unspecified atom stereocenters. The van der Waals surface area contributed by atoms with E-state index in [1.807, 2.05) is 32.2 Å². The molecule has 0 bridgehead atoms. The smallest absolute Gasteiger partial charge is 0.147 e. The van der Waals surface area contributed by atoms with Crippen molar-refractivity contribution in [1.29, 1.82) is 0 Å². The van der Waals surface area contributed by atoms with Crippen LogP contribution in [0, 0.1) is 6.92 Å². The Labute approximate surface area is 117 Å². The van der Waals surface area contributed by atoms with E-state index in [0.717, 1.165) is 22.7 Å². The van der Waals surface area contributed by atoms with Crippen LogP contribution in [0.15, 0.2) is 24.4 Å². The average molecular weight is 281 g/mol. The molecular weight excluding hydrogens is 264 g/mol. The third kappa shape index (κ3) is 3.08. The molecule has 1 atom stereocenters. The molecule has 0 fully saturated rings. The van der Waals surface area contributed by atoms with E-state index in [2.05, 4.69) is 4.98 Å². The molecule has 102 valence electrons. The zero-order chi connectivity index (χ0) is 14.0. The Balaban J connectivity index is 2.10. The Kier molecular flexibility index (Phi) is 4.12. The molecule has 1 aromatic carbocycles. The molecule has 0 radical (unpaired) electrons. The quantitative estimate of drug-likeness (QED) is 0.936. The first-order valence-corrected chi connectivity index (χ1v) is 6.44. The number of aliphatic hydroxyl groups excluding tert-OH is 1. The maximum atomic E-state index is 9.52. The Hall–Kier alpha value is -1.52. The van der Waals surface area contributed by atoms with Crippen molar-refractivity contribution in [1.82, 2.24) is 9.55 Å². The number of nitrogens with zero attached hydrogens (tertiary/aromatic N) is 2. The number of imidazole rings is 1. The molecule has 19 heavy (non-hydrogen) atoms. The van der Waals surface area contributed by atoms with E-state index in [1.165, 1.54) is 0 Å². The Morgan fingerprint density at radius 2 is 2.21 bits per heavy atom. The number of hydrogen-bond acceptors (Lipinski definition) is 3. The molecule has 0 spiro atoms. The molecule has 0 aliphatic carbocycles. The lowest BCUT2D eigenvalue weighted by atomic mass is 10.1. The van der Waals surface area contributed by atoms with E-state index in [-0.39, 0.29) is 0 Å². The molecule has 0 aliphatic heterocycles. The summed E-state index contributed by atoms with van der Waals surface area (Å²) in [6, 6.07) is 5.64. The van der Waals surface area contributed by atoms with Crippen molar-refractivity contribution in [2.45, 2.75) is 26.6 Å². The van der Waals surface area contributed by atoms with Crippen molar-refractivity contribution >= 4 is 11.6 Å². The van der Waals surface area contributed by atoms with Crippen LogP contribution in [-0.4, -0.2) is 14.7 Å². The minimum atomic E-state index is -0.471. The van der Waals surface area contributed by atoms with Gasteiger partial charge in [0.05, 0.1) is 12.3 Å². The molecule has 0 amide bonds. The van der Waals surface area contributed by atoms with Gasteiger partial charge in [0.1, 0.15) is 23.3 Å². The molecule has 2 rings (SSSR count). The van der Waals surface area contributed by atoms with E-state index >= 15 is 0 Å². The van der Waals surface area contributed by atoms with Gasteiger partial charge in [-0.1, -0.05) is 17.7 Å². The lowest BCUT2D eigenvalue weighted by Gasteiger charge is -2.12. The van der Waals surface area contributed by atoms with E-state index in [9.17, 15) is 5.11 Å². The molecule has 1 N–H and O–H groups in total. The third-order valence-electron chi connectivity index (χ3n) is 3.07. The first-order chi connectivity index (χ1) is 8.99. The number of aryl methyl sites for hydroxylation is 1. The number of ether oxygens (including phenoxy) is 1. The van der Waals surface area contributed by atoms with Crippen molar-refractivity contribution in [3.63, 3.8) is 0 Å². The van der Waals surface area contributed by atoms with Crippen LogP contribution in [0.5, 0.6) is 5.75 Å². The van der Waals surface area contributed by atoms with Crippen LogP contribution in [0.3, 0.4) is 0 Å². The number of rotatable bonds is 4. The third-order valence-corrected chi connectivity index (χ3v) is 3.42. The highest BCUT2D eigenvalue weighted by molar-refractivity contribution is 6.29. The molecular formula is C14H17ClN2O2. The molecule has 1 heterocycles. The molecule has 2 aromatic rings. The molecule has 0 saturated carbocycles. The lowest BCUT2D eigenvalue weighted by Crippen LogP contribution is -2.04. The van der Waals surface area contributed by atoms with Crippen LogP contribution in [0.1, 0.15) is 30.0 Å². The molecule has 5 heteroatoms. The first kappa shape index (κ1) is 13.9. The van der Waals surface area contributed by atoms with Gasteiger partial charge in [-0.15, -0.1) is 0 Å². The van der Waals surface area contributed by atoms with Crippen LogP contribution < -0.4 is 4.74 Å². The van der Waals surface area contributed by atoms with Crippen molar-refractivity contribution in [2.24, 2.45) is 7.05 Å². The number of aromatic nitrogens is 2. The predicted molar refractivity (Wildman–Crippen MR) is 74.4 cm³/mol. The van der Waals surface area contributed by atoms with Gasteiger partial charge in [0.25, 0.3) is 0 Å². The Morgan fingerprint density at radius 1 is 1.47 bits per heavy atom. The zero-order valence-electron chi connectivity index (χ0n) is 11.2. The van der Waals surface area contributed by atoms with Crippen LogP contribution >= 0.6 is 11.6 Å². The normalized spacial score (nSPS) is 12.5. The summed E-state index contributed by atoms with van der Waals surface area (Å²) in [4.78, 5) is 4.17. The fraction of sp³-hybridized carbons (Fsp3) is 0.357. The summed E-state index contributed by atoms with van der Waals surface area (Å²) in [7, 11) is 1.84. The number of aliphatic hydroxyl groups is 1. The fourth-order valence-corrected chi connectivity index (χ4v) is 1.94. The topological polar surface area (TPSA) is 47.3 Å². The molecule has 1 aromatic heterocycles. The van der Waals surface area contributed by atoms with E-state index in [1.54, 1.807) is 17.7 Å². The number of hydrogen-bond donors (Lipinski definition) is 1. The van der Waals surface area contributed by atoms with Crippen LogP contribution in [0.4, 0.5) is 0 Å². The fourth-order valence-electron chi connectivity index (χ4n) is 1.80. The predicted octanol–water partition coefficient (Wildman–Crippen LogP) is 3.01. The first-order valence-electron chi connectivity index (χ1n) is 6.06. The summed E-state index contributed by atoms with van der Waals surface area (Å²) in [5, 5.41) is 10.1. The van der Waals surface area contributed by atoms with Crippen LogP contribution in [0.25, 0.3) is 0 Å². The minimum absolute atomic E-state index is 0.359. The highest BCUT2D eigenvalue weighted by Gasteiger charge is 2.08. The Bertz CT molecular complexity index is 579.